The molecule has 4 heteroatoms. The number of aromatic nitrogens is 2. The van der Waals surface area contributed by atoms with Gasteiger partial charge in [0.2, 0.25) is 0 Å². The van der Waals surface area contributed by atoms with Gasteiger partial charge in [0.15, 0.2) is 0 Å². The second-order valence-corrected chi connectivity index (χ2v) is 4.57. The first-order chi connectivity index (χ1) is 7.03. The Bertz CT molecular complexity index is 307. The number of rotatable bonds is 5. The Morgan fingerprint density at radius 2 is 2.27 bits per heavy atom. The molecule has 0 fully saturated rings. The van der Waals surface area contributed by atoms with Crippen LogP contribution in [0.3, 0.4) is 0 Å². The molecule has 0 aromatic carbocycles. The normalized spacial score (nSPS) is 14.2. The quantitative estimate of drug-likeness (QED) is 0.772. The van der Waals surface area contributed by atoms with Crippen LogP contribution < -0.4 is 5.73 Å². The summed E-state index contributed by atoms with van der Waals surface area (Å²) in [6, 6.07) is 1.86. The van der Waals surface area contributed by atoms with Crippen LogP contribution in [0.25, 0.3) is 0 Å². The van der Waals surface area contributed by atoms with E-state index in [2.05, 4.69) is 12.0 Å². The third kappa shape index (κ3) is 2.58. The van der Waals surface area contributed by atoms with E-state index >= 15 is 0 Å². The molecule has 1 aromatic rings. The predicted molar refractivity (Wildman–Crippen MR) is 60.3 cm³/mol. The van der Waals surface area contributed by atoms with Crippen LogP contribution in [0.1, 0.15) is 39.0 Å². The molecule has 0 aliphatic rings. The maximum absolute atomic E-state index is 10.2. The monoisotopic (exact) mass is 211 g/mol. The van der Waals surface area contributed by atoms with Gasteiger partial charge in [-0.3, -0.25) is 4.68 Å². The average Bonchev–Trinajstić information content (AvgIpc) is 2.65. The molecule has 4 nitrogen and oxygen atoms in total. The molecule has 0 spiro atoms. The third-order valence-electron chi connectivity index (χ3n) is 2.73. The van der Waals surface area contributed by atoms with Gasteiger partial charge in [0.05, 0.1) is 5.69 Å². The molecule has 0 saturated carbocycles. The van der Waals surface area contributed by atoms with E-state index in [0.717, 1.165) is 18.7 Å². The lowest BCUT2D eigenvalue weighted by molar-refractivity contribution is 0.0476. The van der Waals surface area contributed by atoms with Crippen molar-refractivity contribution in [2.45, 2.75) is 39.8 Å². The molecular formula is C11H21N3O. The molecule has 1 unspecified atom stereocenters. The Balaban J connectivity index is 2.90. The van der Waals surface area contributed by atoms with E-state index in [4.69, 9.17) is 5.73 Å². The lowest BCUT2D eigenvalue weighted by atomic mass is 9.85. The van der Waals surface area contributed by atoms with Crippen molar-refractivity contribution in [1.82, 2.24) is 9.78 Å². The number of nitrogens with two attached hydrogens (primary N) is 1. The predicted octanol–water partition coefficient (Wildman–Crippen LogP) is 1.31. The van der Waals surface area contributed by atoms with E-state index in [0.29, 0.717) is 6.54 Å². The van der Waals surface area contributed by atoms with Crippen molar-refractivity contribution >= 4 is 0 Å². The van der Waals surface area contributed by atoms with E-state index < -0.39 is 6.10 Å². The topological polar surface area (TPSA) is 64.1 Å². The van der Waals surface area contributed by atoms with Crippen LogP contribution in [0.2, 0.25) is 0 Å². The molecule has 3 N–H and O–H groups in total. The summed E-state index contributed by atoms with van der Waals surface area (Å²) in [5.74, 6) is 0. The lowest BCUT2D eigenvalue weighted by Gasteiger charge is -2.29. The van der Waals surface area contributed by atoms with Gasteiger partial charge in [-0.1, -0.05) is 20.8 Å². The molecule has 1 aromatic heterocycles. The molecule has 1 atom stereocenters. The summed E-state index contributed by atoms with van der Waals surface area (Å²) in [7, 11) is 0. The number of hydrogen-bond acceptors (Lipinski definition) is 3. The van der Waals surface area contributed by atoms with E-state index in [1.807, 2.05) is 24.6 Å². The lowest BCUT2D eigenvalue weighted by Crippen LogP contribution is -2.32. The van der Waals surface area contributed by atoms with Crippen molar-refractivity contribution in [1.29, 1.82) is 0 Å². The zero-order chi connectivity index (χ0) is 11.5. The van der Waals surface area contributed by atoms with Crippen LogP contribution in [-0.4, -0.2) is 21.4 Å². The molecule has 86 valence electrons. The fourth-order valence-electron chi connectivity index (χ4n) is 1.49. The maximum Gasteiger partial charge on any atom is 0.102 e. The largest absolute Gasteiger partial charge is 0.386 e. The van der Waals surface area contributed by atoms with Crippen LogP contribution in [-0.2, 0) is 6.54 Å². The van der Waals surface area contributed by atoms with E-state index in [9.17, 15) is 5.11 Å². The fraction of sp³-hybridized carbons (Fsp3) is 0.727. The van der Waals surface area contributed by atoms with Crippen LogP contribution >= 0.6 is 0 Å². The minimum Gasteiger partial charge on any atom is -0.386 e. The first kappa shape index (κ1) is 12.2. The van der Waals surface area contributed by atoms with Gasteiger partial charge < -0.3 is 10.8 Å². The molecular weight excluding hydrogens is 190 g/mol. The van der Waals surface area contributed by atoms with E-state index in [1.165, 1.54) is 0 Å². The van der Waals surface area contributed by atoms with Gasteiger partial charge in [-0.15, -0.1) is 0 Å². The summed E-state index contributed by atoms with van der Waals surface area (Å²) in [4.78, 5) is 0. The number of nitrogens with zero attached hydrogens (tertiary/aromatic N) is 2. The zero-order valence-electron chi connectivity index (χ0n) is 9.77. The molecule has 0 saturated heterocycles. The number of aliphatic hydroxyl groups excluding tert-OH is 1. The number of aliphatic hydroxyl groups is 1. The molecule has 0 aliphatic carbocycles. The zero-order valence-corrected chi connectivity index (χ0v) is 9.77. The Kier molecular flexibility index (Phi) is 3.88. The van der Waals surface area contributed by atoms with Crippen LogP contribution in [0.4, 0.5) is 0 Å². The fourth-order valence-corrected chi connectivity index (χ4v) is 1.49. The van der Waals surface area contributed by atoms with Gasteiger partial charge in [-0.2, -0.15) is 5.10 Å². The highest BCUT2D eigenvalue weighted by atomic mass is 16.3. The SMILES string of the molecule is CCCn1nccc1C(O)C(C)(C)CN. The van der Waals surface area contributed by atoms with E-state index in [1.54, 1.807) is 6.20 Å². The highest BCUT2D eigenvalue weighted by molar-refractivity contribution is 5.08. The summed E-state index contributed by atoms with van der Waals surface area (Å²) in [6.07, 6.45) is 2.17. The van der Waals surface area contributed by atoms with Gasteiger partial charge in [-0.25, -0.2) is 0 Å². The van der Waals surface area contributed by atoms with Crippen molar-refractivity contribution in [3.05, 3.63) is 18.0 Å². The van der Waals surface area contributed by atoms with Crippen LogP contribution in [0.15, 0.2) is 12.3 Å². The molecule has 1 rings (SSSR count). The average molecular weight is 211 g/mol. The molecule has 15 heavy (non-hydrogen) atoms. The standard InChI is InChI=1S/C11H21N3O/c1-4-7-14-9(5-6-13-14)10(15)11(2,3)8-12/h5-6,10,15H,4,7-8,12H2,1-3H3. The van der Waals surface area contributed by atoms with Crippen molar-refractivity contribution in [2.24, 2.45) is 11.1 Å². The first-order valence-electron chi connectivity index (χ1n) is 5.42. The van der Waals surface area contributed by atoms with Crippen LogP contribution in [0, 0.1) is 5.41 Å². The Hall–Kier alpha value is -0.870. The third-order valence-corrected chi connectivity index (χ3v) is 2.73. The van der Waals surface area contributed by atoms with Gasteiger partial charge in [0.1, 0.15) is 6.10 Å². The van der Waals surface area contributed by atoms with Crippen molar-refractivity contribution in [3.63, 3.8) is 0 Å². The Morgan fingerprint density at radius 3 is 2.80 bits per heavy atom. The molecule has 0 bridgehead atoms. The highest BCUT2D eigenvalue weighted by Crippen LogP contribution is 2.31. The summed E-state index contributed by atoms with van der Waals surface area (Å²) < 4.78 is 1.85. The summed E-state index contributed by atoms with van der Waals surface area (Å²) in [6.45, 7) is 7.29. The van der Waals surface area contributed by atoms with Crippen molar-refractivity contribution in [3.8, 4) is 0 Å². The second-order valence-electron chi connectivity index (χ2n) is 4.57. The number of hydrogen-bond donors (Lipinski definition) is 2. The van der Waals surface area contributed by atoms with Crippen molar-refractivity contribution < 1.29 is 5.11 Å². The molecule has 0 amide bonds. The minimum atomic E-state index is -0.559. The first-order valence-corrected chi connectivity index (χ1v) is 5.42. The van der Waals surface area contributed by atoms with Gasteiger partial charge in [-0.05, 0) is 12.5 Å². The second kappa shape index (κ2) is 4.77. The maximum atomic E-state index is 10.2. The Labute approximate surface area is 91.1 Å². The summed E-state index contributed by atoms with van der Waals surface area (Å²) >= 11 is 0. The van der Waals surface area contributed by atoms with Gasteiger partial charge in [0, 0.05) is 24.7 Å². The summed E-state index contributed by atoms with van der Waals surface area (Å²) in [5.41, 5.74) is 6.19. The molecule has 0 radical (unpaired) electrons. The Morgan fingerprint density at radius 1 is 1.60 bits per heavy atom. The smallest absolute Gasteiger partial charge is 0.102 e. The van der Waals surface area contributed by atoms with E-state index in [-0.39, 0.29) is 5.41 Å². The van der Waals surface area contributed by atoms with Crippen molar-refractivity contribution in [2.75, 3.05) is 6.54 Å². The summed E-state index contributed by atoms with van der Waals surface area (Å²) in [5, 5.41) is 14.4. The molecule has 0 aliphatic heterocycles. The van der Waals surface area contributed by atoms with Gasteiger partial charge in [0.25, 0.3) is 0 Å². The molecule has 1 heterocycles. The minimum absolute atomic E-state index is 0.314. The van der Waals surface area contributed by atoms with Crippen LogP contribution in [0.5, 0.6) is 0 Å². The highest BCUT2D eigenvalue weighted by Gasteiger charge is 2.29. The number of aryl methyl sites for hydroxylation is 1. The van der Waals surface area contributed by atoms with Gasteiger partial charge >= 0.3 is 0 Å².